The average Bonchev–Trinajstić information content (AvgIpc) is 2.27. The van der Waals surface area contributed by atoms with E-state index in [0.717, 1.165) is 11.8 Å². The smallest absolute Gasteiger partial charge is 0.307 e. The van der Waals surface area contributed by atoms with Gasteiger partial charge in [0, 0.05) is 17.5 Å². The minimum atomic E-state index is -0.923. The van der Waals surface area contributed by atoms with Gasteiger partial charge >= 0.3 is 5.97 Å². The zero-order valence-corrected chi connectivity index (χ0v) is 11.3. The van der Waals surface area contributed by atoms with Crippen LogP contribution in [0.1, 0.15) is 18.1 Å². The van der Waals surface area contributed by atoms with E-state index in [9.17, 15) is 9.59 Å². The van der Waals surface area contributed by atoms with Gasteiger partial charge in [0.05, 0.1) is 12.2 Å². The molecule has 1 aromatic carbocycles. The summed E-state index contributed by atoms with van der Waals surface area (Å²) in [5.74, 6) is 5.22. The van der Waals surface area contributed by atoms with E-state index in [4.69, 9.17) is 16.7 Å². The summed E-state index contributed by atoms with van der Waals surface area (Å²) in [5, 5.41) is 9.08. The monoisotopic (exact) mass is 282 g/mol. The molecule has 5 heteroatoms. The Morgan fingerprint density at radius 1 is 1.44 bits per heavy atom. The second kappa shape index (κ2) is 7.10. The fraction of sp³-hybridized carbons (Fsp3) is 0.231. The van der Waals surface area contributed by atoms with Crippen molar-refractivity contribution in [1.82, 2.24) is 0 Å². The number of halogens is 1. The van der Waals surface area contributed by atoms with Crippen molar-refractivity contribution >= 4 is 34.4 Å². The van der Waals surface area contributed by atoms with Crippen molar-refractivity contribution in [2.24, 2.45) is 0 Å². The number of carbonyl (C=O) groups excluding carboxylic acids is 1. The summed E-state index contributed by atoms with van der Waals surface area (Å²) in [5.41, 5.74) is 1.27. The van der Waals surface area contributed by atoms with Crippen LogP contribution in [0.25, 0.3) is 0 Å². The predicted molar refractivity (Wildman–Crippen MR) is 72.8 cm³/mol. The molecule has 0 atom stereocenters. The molecule has 0 saturated heterocycles. The van der Waals surface area contributed by atoms with E-state index in [0.29, 0.717) is 21.9 Å². The molecular weight excluding hydrogens is 272 g/mol. The Morgan fingerprint density at radius 2 is 2.17 bits per heavy atom. The van der Waals surface area contributed by atoms with Gasteiger partial charge in [-0.2, -0.15) is 0 Å². The first-order valence-electron chi connectivity index (χ1n) is 5.11. The molecule has 0 radical (unpaired) electrons. The largest absolute Gasteiger partial charge is 0.481 e. The van der Waals surface area contributed by atoms with E-state index >= 15 is 0 Å². The second-order valence-electron chi connectivity index (χ2n) is 3.46. The summed E-state index contributed by atoms with van der Waals surface area (Å²) in [4.78, 5) is 21.2. The summed E-state index contributed by atoms with van der Waals surface area (Å²) in [6.45, 7) is 1.49. The van der Waals surface area contributed by atoms with Gasteiger partial charge in [0.25, 0.3) is 0 Å². The second-order valence-corrected chi connectivity index (χ2v) is 5.02. The molecule has 0 amide bonds. The maximum atomic E-state index is 10.7. The molecule has 0 aliphatic heterocycles. The van der Waals surface area contributed by atoms with Crippen LogP contribution in [0.4, 0.5) is 0 Å². The fourth-order valence-corrected chi connectivity index (χ4v) is 1.80. The molecule has 0 aliphatic rings. The molecule has 1 aromatic rings. The van der Waals surface area contributed by atoms with Gasteiger partial charge < -0.3 is 5.11 Å². The lowest BCUT2D eigenvalue weighted by Gasteiger charge is -2.01. The van der Waals surface area contributed by atoms with Crippen molar-refractivity contribution in [3.8, 4) is 11.8 Å². The Hall–Kier alpha value is -1.44. The highest BCUT2D eigenvalue weighted by Crippen LogP contribution is 2.18. The van der Waals surface area contributed by atoms with Crippen LogP contribution < -0.4 is 0 Å². The van der Waals surface area contributed by atoms with Crippen molar-refractivity contribution < 1.29 is 14.7 Å². The Morgan fingerprint density at radius 3 is 2.72 bits per heavy atom. The summed E-state index contributed by atoms with van der Waals surface area (Å²) in [7, 11) is 0. The highest BCUT2D eigenvalue weighted by atomic mass is 35.5. The number of rotatable bonds is 3. The molecule has 0 bridgehead atoms. The Balaban J connectivity index is 2.72. The SMILES string of the molecule is CC(=O)SCC#Cc1ccc(CC(=O)O)c(Cl)c1. The maximum absolute atomic E-state index is 10.7. The van der Waals surface area contributed by atoms with E-state index < -0.39 is 5.97 Å². The lowest BCUT2D eigenvalue weighted by molar-refractivity contribution is -0.136. The molecule has 0 fully saturated rings. The van der Waals surface area contributed by atoms with Crippen LogP contribution in [0, 0.1) is 11.8 Å². The van der Waals surface area contributed by atoms with Gasteiger partial charge in [-0.05, 0) is 17.7 Å². The number of hydrogen-bond acceptors (Lipinski definition) is 3. The van der Waals surface area contributed by atoms with Crippen molar-refractivity contribution in [3.05, 3.63) is 34.3 Å². The lowest BCUT2D eigenvalue weighted by Crippen LogP contribution is -2.00. The first kappa shape index (κ1) is 14.6. The number of thioether (sulfide) groups is 1. The van der Waals surface area contributed by atoms with Gasteiger partial charge in [-0.15, -0.1) is 0 Å². The van der Waals surface area contributed by atoms with E-state index in [-0.39, 0.29) is 11.5 Å². The highest BCUT2D eigenvalue weighted by Gasteiger charge is 2.05. The Bertz CT molecular complexity index is 529. The van der Waals surface area contributed by atoms with Crippen LogP contribution >= 0.6 is 23.4 Å². The van der Waals surface area contributed by atoms with E-state index in [1.165, 1.54) is 6.92 Å². The van der Waals surface area contributed by atoms with Crippen molar-refractivity contribution in [1.29, 1.82) is 0 Å². The molecule has 0 aliphatic carbocycles. The van der Waals surface area contributed by atoms with Crippen LogP contribution in [0.3, 0.4) is 0 Å². The standard InChI is InChI=1S/C13H11ClO3S/c1-9(15)18-6-2-3-10-4-5-11(8-13(16)17)12(14)7-10/h4-5,7H,6,8H2,1H3,(H,16,17). The minimum absolute atomic E-state index is 0.0270. The van der Waals surface area contributed by atoms with Gasteiger partial charge in [-0.3, -0.25) is 9.59 Å². The summed E-state index contributed by atoms with van der Waals surface area (Å²) >= 11 is 7.09. The lowest BCUT2D eigenvalue weighted by atomic mass is 10.1. The quantitative estimate of drug-likeness (QED) is 0.866. The van der Waals surface area contributed by atoms with E-state index in [1.807, 2.05) is 0 Å². The maximum Gasteiger partial charge on any atom is 0.307 e. The molecule has 94 valence electrons. The van der Waals surface area contributed by atoms with E-state index in [1.54, 1.807) is 18.2 Å². The minimum Gasteiger partial charge on any atom is -0.481 e. The van der Waals surface area contributed by atoms with Crippen LogP contribution in [0.2, 0.25) is 5.02 Å². The number of benzene rings is 1. The number of carbonyl (C=O) groups is 2. The number of aliphatic carboxylic acids is 1. The van der Waals surface area contributed by atoms with Crippen molar-refractivity contribution in [2.75, 3.05) is 5.75 Å². The Labute approximate surface area is 115 Å². The third-order valence-electron chi connectivity index (χ3n) is 1.98. The molecule has 18 heavy (non-hydrogen) atoms. The number of hydrogen-bond donors (Lipinski definition) is 1. The molecule has 0 saturated carbocycles. The van der Waals surface area contributed by atoms with Crippen LogP contribution in [-0.2, 0) is 16.0 Å². The topological polar surface area (TPSA) is 54.4 Å². The zero-order chi connectivity index (χ0) is 13.5. The fourth-order valence-electron chi connectivity index (χ4n) is 1.21. The van der Waals surface area contributed by atoms with Crippen molar-refractivity contribution in [3.63, 3.8) is 0 Å². The van der Waals surface area contributed by atoms with Crippen LogP contribution in [0.5, 0.6) is 0 Å². The first-order valence-corrected chi connectivity index (χ1v) is 6.48. The summed E-state index contributed by atoms with van der Waals surface area (Å²) in [6, 6.07) is 5.00. The average molecular weight is 283 g/mol. The van der Waals surface area contributed by atoms with Gasteiger partial charge in [0.15, 0.2) is 5.12 Å². The molecule has 3 nitrogen and oxygen atoms in total. The molecule has 1 N–H and O–H groups in total. The number of carboxylic acids is 1. The van der Waals surface area contributed by atoms with Crippen molar-refractivity contribution in [2.45, 2.75) is 13.3 Å². The van der Waals surface area contributed by atoms with Gasteiger partial charge in [-0.25, -0.2) is 0 Å². The highest BCUT2D eigenvalue weighted by molar-refractivity contribution is 8.13. The van der Waals surface area contributed by atoms with Gasteiger partial charge in [-0.1, -0.05) is 41.3 Å². The normalized spacial score (nSPS) is 9.44. The predicted octanol–water partition coefficient (Wildman–Crippen LogP) is 2.60. The first-order chi connectivity index (χ1) is 8.49. The summed E-state index contributed by atoms with van der Waals surface area (Å²) in [6.07, 6.45) is -0.104. The zero-order valence-electron chi connectivity index (χ0n) is 9.70. The number of carboxylic acid groups (broad SMARTS) is 1. The third kappa shape index (κ3) is 5.26. The molecular formula is C13H11ClO3S. The third-order valence-corrected chi connectivity index (χ3v) is 3.02. The van der Waals surface area contributed by atoms with Gasteiger partial charge in [0.1, 0.15) is 0 Å². The van der Waals surface area contributed by atoms with Crippen LogP contribution in [-0.4, -0.2) is 21.9 Å². The van der Waals surface area contributed by atoms with Crippen LogP contribution in [0.15, 0.2) is 18.2 Å². The molecule has 1 rings (SSSR count). The Kier molecular flexibility index (Phi) is 5.76. The molecule has 0 spiro atoms. The molecule has 0 aromatic heterocycles. The van der Waals surface area contributed by atoms with E-state index in [2.05, 4.69) is 11.8 Å². The van der Waals surface area contributed by atoms with Gasteiger partial charge in [0.2, 0.25) is 0 Å². The summed E-state index contributed by atoms with van der Waals surface area (Å²) < 4.78 is 0. The molecule has 0 unspecified atom stereocenters. The molecule has 0 heterocycles.